The number of methoxy groups -OCH3 is 2. The number of hydrogen-bond acceptors (Lipinski definition) is 6. The maximum atomic E-state index is 13.5. The second-order valence-electron chi connectivity index (χ2n) is 7.09. The number of carbonyl (C=O) groups is 4. The SMILES string of the molecule is COC(=O)C1(C(=O)OC)C(c2ccccc2C)C12C(=O)c1ccccc1C2=O. The predicted molar refractivity (Wildman–Crippen MR) is 97.9 cm³/mol. The summed E-state index contributed by atoms with van der Waals surface area (Å²) in [5.74, 6) is -3.97. The number of ether oxygens (including phenoxy) is 2. The molecule has 2 aliphatic carbocycles. The Morgan fingerprint density at radius 1 is 0.821 bits per heavy atom. The van der Waals surface area contributed by atoms with Crippen LogP contribution >= 0.6 is 0 Å². The van der Waals surface area contributed by atoms with Gasteiger partial charge in [-0.25, -0.2) is 0 Å². The Labute approximate surface area is 161 Å². The van der Waals surface area contributed by atoms with E-state index in [1.165, 1.54) is 12.1 Å². The number of Topliss-reactive ketones (excluding diaryl/α,β-unsaturated/α-hetero) is 2. The van der Waals surface area contributed by atoms with E-state index in [1.54, 1.807) is 43.3 Å². The van der Waals surface area contributed by atoms with Gasteiger partial charge in [-0.3, -0.25) is 19.2 Å². The number of benzene rings is 2. The molecule has 2 aliphatic rings. The van der Waals surface area contributed by atoms with Crippen molar-refractivity contribution in [2.45, 2.75) is 12.8 Å². The van der Waals surface area contributed by atoms with E-state index in [-0.39, 0.29) is 11.1 Å². The van der Waals surface area contributed by atoms with Crippen LogP contribution in [0.2, 0.25) is 0 Å². The molecule has 1 spiro atoms. The zero-order valence-electron chi connectivity index (χ0n) is 15.6. The van der Waals surface area contributed by atoms with Crippen LogP contribution in [0, 0.1) is 17.8 Å². The van der Waals surface area contributed by atoms with Crippen molar-refractivity contribution in [3.8, 4) is 0 Å². The zero-order valence-corrected chi connectivity index (χ0v) is 15.6. The molecule has 1 fully saturated rings. The molecule has 0 bridgehead atoms. The summed E-state index contributed by atoms with van der Waals surface area (Å²) in [6.45, 7) is 1.80. The average molecular weight is 378 g/mol. The molecule has 2 aromatic rings. The van der Waals surface area contributed by atoms with E-state index in [0.717, 1.165) is 19.8 Å². The first kappa shape index (κ1) is 18.1. The van der Waals surface area contributed by atoms with E-state index in [1.807, 2.05) is 0 Å². The molecule has 6 nitrogen and oxygen atoms in total. The van der Waals surface area contributed by atoms with Crippen molar-refractivity contribution in [3.63, 3.8) is 0 Å². The second-order valence-corrected chi connectivity index (χ2v) is 7.09. The molecule has 1 saturated carbocycles. The van der Waals surface area contributed by atoms with Gasteiger partial charge in [-0.1, -0.05) is 48.5 Å². The summed E-state index contributed by atoms with van der Waals surface area (Å²) in [5.41, 5.74) is -2.17. The minimum absolute atomic E-state index is 0.209. The molecule has 0 radical (unpaired) electrons. The molecule has 0 N–H and O–H groups in total. The van der Waals surface area contributed by atoms with Gasteiger partial charge >= 0.3 is 11.9 Å². The molecule has 0 heterocycles. The lowest BCUT2D eigenvalue weighted by atomic mass is 9.87. The summed E-state index contributed by atoms with van der Waals surface area (Å²) < 4.78 is 9.86. The first-order chi connectivity index (χ1) is 13.4. The van der Waals surface area contributed by atoms with Gasteiger partial charge in [0.25, 0.3) is 0 Å². The second kappa shape index (κ2) is 5.86. The third-order valence-electron chi connectivity index (χ3n) is 6.05. The van der Waals surface area contributed by atoms with E-state index < -0.39 is 40.3 Å². The zero-order chi connectivity index (χ0) is 20.3. The summed E-state index contributed by atoms with van der Waals surface area (Å²) in [7, 11) is 2.26. The van der Waals surface area contributed by atoms with Crippen LogP contribution in [0.4, 0.5) is 0 Å². The smallest absolute Gasteiger partial charge is 0.325 e. The number of esters is 2. The van der Waals surface area contributed by atoms with Crippen molar-refractivity contribution in [3.05, 3.63) is 70.8 Å². The highest BCUT2D eigenvalue weighted by molar-refractivity contribution is 6.39. The highest BCUT2D eigenvalue weighted by atomic mass is 16.5. The van der Waals surface area contributed by atoms with E-state index in [4.69, 9.17) is 9.47 Å². The van der Waals surface area contributed by atoms with Crippen LogP contribution in [-0.4, -0.2) is 37.7 Å². The van der Waals surface area contributed by atoms with E-state index in [0.29, 0.717) is 5.56 Å². The van der Waals surface area contributed by atoms with Gasteiger partial charge in [-0.15, -0.1) is 0 Å². The van der Waals surface area contributed by atoms with Crippen LogP contribution in [0.3, 0.4) is 0 Å². The lowest BCUT2D eigenvalue weighted by molar-refractivity contribution is -0.162. The fourth-order valence-electron chi connectivity index (χ4n) is 4.84. The number of hydrogen-bond donors (Lipinski definition) is 0. The van der Waals surface area contributed by atoms with Crippen molar-refractivity contribution in [2.75, 3.05) is 14.2 Å². The topological polar surface area (TPSA) is 86.7 Å². The fraction of sp³-hybridized carbons (Fsp3) is 0.273. The number of carbonyl (C=O) groups excluding carboxylic acids is 4. The van der Waals surface area contributed by atoms with Crippen molar-refractivity contribution in [2.24, 2.45) is 10.8 Å². The van der Waals surface area contributed by atoms with Crippen LogP contribution in [0.25, 0.3) is 0 Å². The van der Waals surface area contributed by atoms with E-state index in [9.17, 15) is 19.2 Å². The van der Waals surface area contributed by atoms with Gasteiger partial charge in [-0.05, 0) is 18.1 Å². The van der Waals surface area contributed by atoms with Gasteiger partial charge < -0.3 is 9.47 Å². The lowest BCUT2D eigenvalue weighted by Crippen LogP contribution is -2.39. The minimum atomic E-state index is -2.05. The van der Waals surface area contributed by atoms with Gasteiger partial charge in [-0.2, -0.15) is 0 Å². The lowest BCUT2D eigenvalue weighted by Gasteiger charge is -2.15. The fourth-order valence-corrected chi connectivity index (χ4v) is 4.84. The van der Waals surface area contributed by atoms with Gasteiger partial charge in [0.15, 0.2) is 17.0 Å². The highest BCUT2D eigenvalue weighted by Crippen LogP contribution is 2.79. The average Bonchev–Trinajstić information content (AvgIpc) is 3.31. The molecule has 0 saturated heterocycles. The van der Waals surface area contributed by atoms with Crippen molar-refractivity contribution in [1.82, 2.24) is 0 Å². The van der Waals surface area contributed by atoms with Crippen LogP contribution in [0.15, 0.2) is 48.5 Å². The molecule has 4 rings (SSSR count). The Morgan fingerprint density at radius 3 is 1.75 bits per heavy atom. The molecule has 0 amide bonds. The minimum Gasteiger partial charge on any atom is -0.468 e. The summed E-state index contributed by atoms with van der Waals surface area (Å²) in [4.78, 5) is 52.9. The predicted octanol–water partition coefficient (Wildman–Crippen LogP) is 2.49. The summed E-state index contributed by atoms with van der Waals surface area (Å²) in [6, 6.07) is 13.4. The maximum absolute atomic E-state index is 13.5. The number of rotatable bonds is 3. The summed E-state index contributed by atoms with van der Waals surface area (Å²) >= 11 is 0. The van der Waals surface area contributed by atoms with Crippen molar-refractivity contribution < 1.29 is 28.7 Å². The van der Waals surface area contributed by atoms with E-state index >= 15 is 0 Å². The quantitative estimate of drug-likeness (QED) is 0.602. The van der Waals surface area contributed by atoms with Gasteiger partial charge in [0, 0.05) is 17.0 Å². The van der Waals surface area contributed by atoms with Crippen LogP contribution in [0.5, 0.6) is 0 Å². The normalized spacial score (nSPS) is 20.6. The van der Waals surface area contributed by atoms with Crippen molar-refractivity contribution >= 4 is 23.5 Å². The molecule has 0 aliphatic heterocycles. The summed E-state index contributed by atoms with van der Waals surface area (Å²) in [6.07, 6.45) is 0. The molecular weight excluding hydrogens is 360 g/mol. The molecule has 28 heavy (non-hydrogen) atoms. The van der Waals surface area contributed by atoms with Gasteiger partial charge in [0.05, 0.1) is 14.2 Å². The number of ketones is 2. The van der Waals surface area contributed by atoms with E-state index in [2.05, 4.69) is 0 Å². The number of aryl methyl sites for hydroxylation is 1. The molecule has 0 aromatic heterocycles. The van der Waals surface area contributed by atoms with Crippen LogP contribution < -0.4 is 0 Å². The van der Waals surface area contributed by atoms with Crippen LogP contribution in [0.1, 0.15) is 37.8 Å². The first-order valence-electron chi connectivity index (χ1n) is 8.81. The molecule has 1 unspecified atom stereocenters. The van der Waals surface area contributed by atoms with Gasteiger partial charge in [0.1, 0.15) is 5.41 Å². The molecule has 1 atom stereocenters. The Hall–Kier alpha value is -3.28. The largest absolute Gasteiger partial charge is 0.468 e. The Bertz CT molecular complexity index is 999. The summed E-state index contributed by atoms with van der Waals surface area (Å²) in [5, 5.41) is 0. The maximum Gasteiger partial charge on any atom is 0.325 e. The van der Waals surface area contributed by atoms with Crippen molar-refractivity contribution in [1.29, 1.82) is 0 Å². The third kappa shape index (κ3) is 1.77. The highest BCUT2D eigenvalue weighted by Gasteiger charge is 2.94. The third-order valence-corrected chi connectivity index (χ3v) is 6.05. The first-order valence-corrected chi connectivity index (χ1v) is 8.81. The molecule has 2 aromatic carbocycles. The van der Waals surface area contributed by atoms with Crippen LogP contribution in [-0.2, 0) is 19.1 Å². The molecular formula is C22H18O6. The standard InChI is InChI=1S/C22H18O6/c1-12-8-4-5-9-13(12)16-21(22(16,19(25)27-2)20(26)28-3)17(23)14-10-6-7-11-15(14)18(21)24/h4-11,16H,1-3H3. The Kier molecular flexibility index (Phi) is 3.79. The monoisotopic (exact) mass is 378 g/mol. The number of fused-ring (bicyclic) bond motifs is 1. The van der Waals surface area contributed by atoms with Gasteiger partial charge in [0.2, 0.25) is 0 Å². The Balaban J connectivity index is 2.06. The molecule has 142 valence electrons. The Morgan fingerprint density at radius 2 is 1.29 bits per heavy atom. The molecule has 6 heteroatoms.